The Balaban J connectivity index is 1.45. The van der Waals surface area contributed by atoms with Gasteiger partial charge >= 0.3 is 7.60 Å². The van der Waals surface area contributed by atoms with Crippen molar-refractivity contribution in [1.82, 2.24) is 4.98 Å². The number of carbonyl (C=O) groups excluding carboxylic acids is 1. The zero-order valence-corrected chi connectivity index (χ0v) is 24.1. The van der Waals surface area contributed by atoms with Crippen molar-refractivity contribution in [2.24, 2.45) is 0 Å². The summed E-state index contributed by atoms with van der Waals surface area (Å²) in [5, 5.41) is 5.43. The smallest absolute Gasteiger partial charge is 0.335 e. The fourth-order valence-electron chi connectivity index (χ4n) is 4.76. The highest BCUT2D eigenvalue weighted by Gasteiger charge is 2.45. The van der Waals surface area contributed by atoms with Gasteiger partial charge in [0.05, 0.1) is 5.16 Å². The number of rotatable bonds is 12. The minimum absolute atomic E-state index is 0.145. The van der Waals surface area contributed by atoms with Crippen LogP contribution in [0.25, 0.3) is 11.3 Å². The van der Waals surface area contributed by atoms with Gasteiger partial charge in [-0.25, -0.2) is 0 Å². The standard InChI is InChI=1S/C30H33ClN3O5P/c1-3-30(4-2,40(36,37)38)23-12-16-25(17-13-23)33-27(35)19-18-26-28(22-10-14-24(31)15-11-22)34-29(39-26)32-20-21-8-6-5-7-9-21/h5-17H,3-4,18-20H2,1-2H3,(H,32,34)(H,33,35)(H2,36,37,38). The maximum absolute atomic E-state index is 12.8. The molecule has 4 N–H and O–H groups in total. The maximum Gasteiger partial charge on any atom is 0.335 e. The Kier molecular flexibility index (Phi) is 9.48. The topological polar surface area (TPSA) is 125 Å². The summed E-state index contributed by atoms with van der Waals surface area (Å²) < 4.78 is 18.3. The van der Waals surface area contributed by atoms with Gasteiger partial charge < -0.3 is 24.8 Å². The predicted octanol–water partition coefficient (Wildman–Crippen LogP) is 7.37. The summed E-state index contributed by atoms with van der Waals surface area (Å²) in [6.07, 6.45) is 1.06. The first-order valence-corrected chi connectivity index (χ1v) is 15.1. The van der Waals surface area contributed by atoms with E-state index >= 15 is 0 Å². The Morgan fingerprint density at radius 3 is 2.23 bits per heavy atom. The van der Waals surface area contributed by atoms with Crippen molar-refractivity contribution in [3.8, 4) is 11.3 Å². The number of nitrogens with one attached hydrogen (secondary N) is 2. The first kappa shape index (κ1) is 29.6. The van der Waals surface area contributed by atoms with Gasteiger partial charge in [-0.2, -0.15) is 4.98 Å². The van der Waals surface area contributed by atoms with Crippen LogP contribution in [0.3, 0.4) is 0 Å². The van der Waals surface area contributed by atoms with Crippen molar-refractivity contribution in [3.63, 3.8) is 0 Å². The predicted molar refractivity (Wildman–Crippen MR) is 158 cm³/mol. The second-order valence-corrected chi connectivity index (χ2v) is 11.9. The zero-order valence-electron chi connectivity index (χ0n) is 22.4. The molecule has 4 aromatic rings. The first-order chi connectivity index (χ1) is 19.1. The molecule has 1 amide bonds. The lowest BCUT2D eigenvalue weighted by Gasteiger charge is -2.33. The molecule has 3 aromatic carbocycles. The monoisotopic (exact) mass is 581 g/mol. The molecule has 1 aromatic heterocycles. The van der Waals surface area contributed by atoms with Crippen molar-refractivity contribution in [2.45, 2.75) is 51.2 Å². The van der Waals surface area contributed by atoms with Crippen molar-refractivity contribution in [3.05, 3.63) is 101 Å². The van der Waals surface area contributed by atoms with E-state index < -0.39 is 12.8 Å². The number of benzene rings is 3. The van der Waals surface area contributed by atoms with Gasteiger partial charge in [-0.15, -0.1) is 0 Å². The van der Waals surface area contributed by atoms with Crippen LogP contribution in [0, 0.1) is 0 Å². The normalized spacial score (nSPS) is 11.8. The Labute approximate surface area is 239 Å². The lowest BCUT2D eigenvalue weighted by molar-refractivity contribution is -0.116. The van der Waals surface area contributed by atoms with Crippen LogP contribution in [-0.2, 0) is 27.5 Å². The molecule has 0 atom stereocenters. The maximum atomic E-state index is 12.8. The van der Waals surface area contributed by atoms with Crippen LogP contribution in [0.2, 0.25) is 5.02 Å². The molecule has 210 valence electrons. The van der Waals surface area contributed by atoms with Crippen molar-refractivity contribution in [2.75, 3.05) is 10.6 Å². The molecule has 0 unspecified atom stereocenters. The number of oxazole rings is 1. The van der Waals surface area contributed by atoms with E-state index in [0.717, 1.165) is 11.1 Å². The average molecular weight is 582 g/mol. The second kappa shape index (κ2) is 12.8. The second-order valence-electron chi connectivity index (χ2n) is 9.55. The molecule has 0 saturated heterocycles. The zero-order chi connectivity index (χ0) is 28.8. The summed E-state index contributed by atoms with van der Waals surface area (Å²) >= 11 is 6.07. The molecule has 0 bridgehead atoms. The van der Waals surface area contributed by atoms with E-state index in [1.807, 2.05) is 42.5 Å². The SMILES string of the molecule is CCC(CC)(c1ccc(NC(=O)CCc2oc(NCc3ccccc3)nc2-c2ccc(Cl)cc2)cc1)P(=O)(O)O. The highest BCUT2D eigenvalue weighted by atomic mass is 35.5. The summed E-state index contributed by atoms with van der Waals surface area (Å²) in [6, 6.07) is 24.2. The molecule has 0 aliphatic heterocycles. The van der Waals surface area contributed by atoms with Crippen LogP contribution < -0.4 is 10.6 Å². The largest absolute Gasteiger partial charge is 0.428 e. The third kappa shape index (κ3) is 6.83. The molecule has 1 heterocycles. The van der Waals surface area contributed by atoms with Gasteiger partial charge in [-0.05, 0) is 48.2 Å². The summed E-state index contributed by atoms with van der Waals surface area (Å²) in [7, 11) is -4.39. The highest BCUT2D eigenvalue weighted by Crippen LogP contribution is 2.60. The van der Waals surface area contributed by atoms with Crippen LogP contribution in [0.15, 0.2) is 83.3 Å². The van der Waals surface area contributed by atoms with Crippen LogP contribution in [-0.4, -0.2) is 20.7 Å². The van der Waals surface area contributed by atoms with Gasteiger partial charge in [0.25, 0.3) is 6.01 Å². The van der Waals surface area contributed by atoms with E-state index in [1.54, 1.807) is 50.2 Å². The molecular formula is C30H33ClN3O5P. The molecule has 8 nitrogen and oxygen atoms in total. The Morgan fingerprint density at radius 2 is 1.62 bits per heavy atom. The number of aryl methyl sites for hydroxylation is 1. The minimum atomic E-state index is -4.39. The van der Waals surface area contributed by atoms with E-state index in [4.69, 9.17) is 16.0 Å². The Hall–Kier alpha value is -3.42. The van der Waals surface area contributed by atoms with E-state index in [1.165, 1.54) is 0 Å². The van der Waals surface area contributed by atoms with Crippen LogP contribution >= 0.6 is 19.2 Å². The molecular weight excluding hydrogens is 549 g/mol. The van der Waals surface area contributed by atoms with Crippen molar-refractivity contribution >= 4 is 36.8 Å². The van der Waals surface area contributed by atoms with Crippen molar-refractivity contribution < 1.29 is 23.6 Å². The third-order valence-electron chi connectivity index (χ3n) is 7.11. The van der Waals surface area contributed by atoms with E-state index in [2.05, 4.69) is 15.6 Å². The summed E-state index contributed by atoms with van der Waals surface area (Å²) in [6.45, 7) is 4.07. The molecule has 0 aliphatic carbocycles. The van der Waals surface area contributed by atoms with Gasteiger partial charge in [0.1, 0.15) is 11.5 Å². The van der Waals surface area contributed by atoms with E-state index in [-0.39, 0.29) is 12.3 Å². The van der Waals surface area contributed by atoms with Crippen LogP contribution in [0.5, 0.6) is 0 Å². The van der Waals surface area contributed by atoms with Crippen LogP contribution in [0.4, 0.5) is 11.7 Å². The van der Waals surface area contributed by atoms with E-state index in [0.29, 0.717) is 59.5 Å². The Morgan fingerprint density at radius 1 is 0.975 bits per heavy atom. The lowest BCUT2D eigenvalue weighted by atomic mass is 9.92. The molecule has 0 radical (unpaired) electrons. The van der Waals surface area contributed by atoms with Gasteiger partial charge in [0.2, 0.25) is 5.91 Å². The van der Waals surface area contributed by atoms with Crippen molar-refractivity contribution in [1.29, 1.82) is 0 Å². The molecule has 0 saturated carbocycles. The number of aromatic nitrogens is 1. The quantitative estimate of drug-likeness (QED) is 0.129. The molecule has 0 spiro atoms. The number of anilines is 2. The summed E-state index contributed by atoms with van der Waals surface area (Å²) in [5.41, 5.74) is 3.64. The highest BCUT2D eigenvalue weighted by molar-refractivity contribution is 7.53. The average Bonchev–Trinajstić information content (AvgIpc) is 3.36. The fourth-order valence-corrected chi connectivity index (χ4v) is 6.19. The molecule has 0 aliphatic rings. The minimum Gasteiger partial charge on any atom is -0.428 e. The van der Waals surface area contributed by atoms with Crippen LogP contribution in [0.1, 0.15) is 50.0 Å². The molecule has 10 heteroatoms. The summed E-state index contributed by atoms with van der Waals surface area (Å²) in [4.78, 5) is 37.5. The van der Waals surface area contributed by atoms with Gasteiger partial charge in [-0.1, -0.05) is 80.0 Å². The number of hydrogen-bond donors (Lipinski definition) is 4. The number of hydrogen-bond acceptors (Lipinski definition) is 5. The fraction of sp³-hybridized carbons (Fsp3) is 0.267. The number of amides is 1. The van der Waals surface area contributed by atoms with Gasteiger partial charge in [0, 0.05) is 35.7 Å². The van der Waals surface area contributed by atoms with Gasteiger partial charge in [0.15, 0.2) is 0 Å². The van der Waals surface area contributed by atoms with E-state index in [9.17, 15) is 19.1 Å². The summed E-state index contributed by atoms with van der Waals surface area (Å²) in [5.74, 6) is 0.345. The molecule has 40 heavy (non-hydrogen) atoms. The number of nitrogens with zero attached hydrogens (tertiary/aromatic N) is 1. The number of carbonyl (C=O) groups is 1. The first-order valence-electron chi connectivity index (χ1n) is 13.1. The van der Waals surface area contributed by atoms with Gasteiger partial charge in [-0.3, -0.25) is 9.36 Å². The molecule has 0 fully saturated rings. The lowest BCUT2D eigenvalue weighted by Crippen LogP contribution is -2.24. The third-order valence-corrected chi connectivity index (χ3v) is 9.37. The number of halogens is 1. The Bertz CT molecular complexity index is 1460. The molecule has 4 rings (SSSR count).